The molecular formula is C23H20BrNO4. The van der Waals surface area contributed by atoms with E-state index < -0.39 is 5.97 Å². The summed E-state index contributed by atoms with van der Waals surface area (Å²) in [7, 11) is 0. The largest absolute Gasteiger partial charge is 0.481 e. The summed E-state index contributed by atoms with van der Waals surface area (Å²) in [5.41, 5.74) is 3.36. The van der Waals surface area contributed by atoms with Crippen molar-refractivity contribution >= 4 is 33.5 Å². The number of hydrogen-bond donors (Lipinski definition) is 1. The van der Waals surface area contributed by atoms with Crippen LogP contribution in [0.15, 0.2) is 71.2 Å². The van der Waals surface area contributed by atoms with Crippen molar-refractivity contribution < 1.29 is 19.1 Å². The minimum absolute atomic E-state index is 0.225. The molecule has 0 fully saturated rings. The fourth-order valence-corrected chi connectivity index (χ4v) is 3.08. The van der Waals surface area contributed by atoms with Crippen molar-refractivity contribution in [2.45, 2.75) is 13.8 Å². The molecule has 0 radical (unpaired) electrons. The highest BCUT2D eigenvalue weighted by molar-refractivity contribution is 9.10. The molecule has 0 aromatic heterocycles. The fraction of sp³-hybridized carbons (Fsp3) is 0.130. The maximum atomic E-state index is 12.4. The van der Waals surface area contributed by atoms with Gasteiger partial charge in [-0.3, -0.25) is 4.79 Å². The molecule has 1 amide bonds. The SMILES string of the molecule is Cc1ccc(NC(=O)c2ccc(OC(=O)COc3ccccc3Br)cc2)c(C)c1. The first-order valence-corrected chi connectivity index (χ1v) is 9.78. The molecule has 0 aliphatic carbocycles. The molecule has 0 unspecified atom stereocenters. The third-order valence-electron chi connectivity index (χ3n) is 4.16. The van der Waals surface area contributed by atoms with E-state index in [2.05, 4.69) is 21.2 Å². The Morgan fingerprint density at radius 2 is 1.69 bits per heavy atom. The lowest BCUT2D eigenvalue weighted by Crippen LogP contribution is -2.18. The smallest absolute Gasteiger partial charge is 0.349 e. The van der Waals surface area contributed by atoms with E-state index >= 15 is 0 Å². The van der Waals surface area contributed by atoms with Crippen LogP contribution in [0.2, 0.25) is 0 Å². The molecule has 1 N–H and O–H groups in total. The van der Waals surface area contributed by atoms with Crippen LogP contribution in [0.4, 0.5) is 5.69 Å². The minimum atomic E-state index is -0.534. The van der Waals surface area contributed by atoms with Crippen LogP contribution in [0.1, 0.15) is 21.5 Å². The summed E-state index contributed by atoms with van der Waals surface area (Å²) in [6.45, 7) is 3.72. The molecule has 3 rings (SSSR count). The van der Waals surface area contributed by atoms with Crippen LogP contribution in [0.3, 0.4) is 0 Å². The molecule has 0 bridgehead atoms. The third kappa shape index (κ3) is 5.68. The lowest BCUT2D eigenvalue weighted by Gasteiger charge is -2.10. The van der Waals surface area contributed by atoms with Gasteiger partial charge in [-0.1, -0.05) is 29.8 Å². The second-order valence-corrected chi connectivity index (χ2v) is 7.34. The van der Waals surface area contributed by atoms with Gasteiger partial charge in [0.25, 0.3) is 5.91 Å². The molecule has 0 atom stereocenters. The number of hydrogen-bond acceptors (Lipinski definition) is 4. The lowest BCUT2D eigenvalue weighted by atomic mass is 10.1. The summed E-state index contributed by atoms with van der Waals surface area (Å²) in [5.74, 6) is 0.136. The molecule has 5 nitrogen and oxygen atoms in total. The molecule has 6 heteroatoms. The van der Waals surface area contributed by atoms with Gasteiger partial charge in [0, 0.05) is 11.3 Å². The first kappa shape index (κ1) is 20.6. The number of esters is 1. The Hall–Kier alpha value is -3.12. The summed E-state index contributed by atoms with van der Waals surface area (Å²) < 4.78 is 11.4. The van der Waals surface area contributed by atoms with Gasteiger partial charge in [-0.05, 0) is 77.8 Å². The second kappa shape index (κ2) is 9.39. The normalized spacial score (nSPS) is 10.3. The van der Waals surface area contributed by atoms with Crippen LogP contribution in [-0.2, 0) is 4.79 Å². The first-order valence-electron chi connectivity index (χ1n) is 8.99. The number of benzene rings is 3. The highest BCUT2D eigenvalue weighted by Gasteiger charge is 2.11. The van der Waals surface area contributed by atoms with Gasteiger partial charge < -0.3 is 14.8 Å². The van der Waals surface area contributed by atoms with Gasteiger partial charge in [-0.25, -0.2) is 4.79 Å². The molecule has 0 aliphatic rings. The van der Waals surface area contributed by atoms with Crippen LogP contribution < -0.4 is 14.8 Å². The first-order chi connectivity index (χ1) is 13.9. The number of halogens is 1. The summed E-state index contributed by atoms with van der Waals surface area (Å²) >= 11 is 3.35. The van der Waals surface area contributed by atoms with Crippen LogP contribution >= 0.6 is 15.9 Å². The van der Waals surface area contributed by atoms with E-state index in [9.17, 15) is 9.59 Å². The highest BCUT2D eigenvalue weighted by Crippen LogP contribution is 2.24. The average molecular weight is 454 g/mol. The summed E-state index contributed by atoms with van der Waals surface area (Å²) in [5, 5.41) is 2.89. The lowest BCUT2D eigenvalue weighted by molar-refractivity contribution is -0.136. The van der Waals surface area contributed by atoms with Crippen molar-refractivity contribution in [3.63, 3.8) is 0 Å². The van der Waals surface area contributed by atoms with Gasteiger partial charge in [0.15, 0.2) is 6.61 Å². The van der Waals surface area contributed by atoms with E-state index in [4.69, 9.17) is 9.47 Å². The van der Waals surface area contributed by atoms with Gasteiger partial charge in [-0.15, -0.1) is 0 Å². The van der Waals surface area contributed by atoms with Gasteiger partial charge in [0.1, 0.15) is 11.5 Å². The number of aryl methyl sites for hydroxylation is 2. The Morgan fingerprint density at radius 3 is 2.38 bits per heavy atom. The molecule has 0 saturated carbocycles. The monoisotopic (exact) mass is 453 g/mol. The highest BCUT2D eigenvalue weighted by atomic mass is 79.9. The van der Waals surface area contributed by atoms with E-state index in [1.165, 1.54) is 0 Å². The topological polar surface area (TPSA) is 64.6 Å². The number of para-hydroxylation sites is 1. The second-order valence-electron chi connectivity index (χ2n) is 6.49. The molecule has 0 spiro atoms. The fourth-order valence-electron chi connectivity index (χ4n) is 2.68. The zero-order chi connectivity index (χ0) is 20.8. The number of carbonyl (C=O) groups is 2. The molecule has 148 valence electrons. The van der Waals surface area contributed by atoms with Crippen molar-refractivity contribution in [1.29, 1.82) is 0 Å². The van der Waals surface area contributed by atoms with E-state index in [1.807, 2.05) is 50.2 Å². The van der Waals surface area contributed by atoms with E-state index in [1.54, 1.807) is 30.3 Å². The van der Waals surface area contributed by atoms with E-state index in [0.717, 1.165) is 21.3 Å². The Morgan fingerprint density at radius 1 is 0.966 bits per heavy atom. The van der Waals surface area contributed by atoms with Crippen molar-refractivity contribution in [3.05, 3.63) is 87.9 Å². The van der Waals surface area contributed by atoms with Gasteiger partial charge in [-0.2, -0.15) is 0 Å². The Balaban J connectivity index is 1.56. The molecule has 29 heavy (non-hydrogen) atoms. The maximum Gasteiger partial charge on any atom is 0.349 e. The number of anilines is 1. The average Bonchev–Trinajstić information content (AvgIpc) is 2.70. The van der Waals surface area contributed by atoms with Crippen LogP contribution in [0.5, 0.6) is 11.5 Å². The Kier molecular flexibility index (Phi) is 6.67. The predicted molar refractivity (Wildman–Crippen MR) is 116 cm³/mol. The summed E-state index contributed by atoms with van der Waals surface area (Å²) in [6, 6.07) is 19.4. The minimum Gasteiger partial charge on any atom is -0.481 e. The number of amides is 1. The van der Waals surface area contributed by atoms with Crippen LogP contribution in [0, 0.1) is 13.8 Å². The molecule has 0 aliphatic heterocycles. The van der Waals surface area contributed by atoms with Crippen molar-refractivity contribution in [3.8, 4) is 11.5 Å². The van der Waals surface area contributed by atoms with Gasteiger partial charge >= 0.3 is 5.97 Å². The van der Waals surface area contributed by atoms with Crippen LogP contribution in [0.25, 0.3) is 0 Å². The summed E-state index contributed by atoms with van der Waals surface area (Å²) in [4.78, 5) is 24.4. The zero-order valence-corrected chi connectivity index (χ0v) is 17.7. The number of nitrogens with one attached hydrogen (secondary N) is 1. The Bertz CT molecular complexity index is 1030. The molecule has 0 heterocycles. The van der Waals surface area contributed by atoms with Crippen LogP contribution in [-0.4, -0.2) is 18.5 Å². The van der Waals surface area contributed by atoms with Gasteiger partial charge in [0.05, 0.1) is 4.47 Å². The maximum absolute atomic E-state index is 12.4. The van der Waals surface area contributed by atoms with Gasteiger partial charge in [0.2, 0.25) is 0 Å². The predicted octanol–water partition coefficient (Wildman–Crippen LogP) is 5.30. The van der Waals surface area contributed by atoms with Crippen molar-refractivity contribution in [2.24, 2.45) is 0 Å². The number of carbonyl (C=O) groups excluding carboxylic acids is 2. The zero-order valence-electron chi connectivity index (χ0n) is 16.1. The summed E-state index contributed by atoms with van der Waals surface area (Å²) in [6.07, 6.45) is 0. The Labute approximate surface area is 177 Å². The standard InChI is InChI=1S/C23H20BrNO4/c1-15-7-12-20(16(2)13-15)25-23(27)17-8-10-18(11-9-17)29-22(26)14-28-21-6-4-3-5-19(21)24/h3-13H,14H2,1-2H3,(H,25,27). The molecule has 0 saturated heterocycles. The van der Waals surface area contributed by atoms with E-state index in [0.29, 0.717) is 17.1 Å². The quantitative estimate of drug-likeness (QED) is 0.406. The molecular weight excluding hydrogens is 434 g/mol. The van der Waals surface area contributed by atoms with Crippen molar-refractivity contribution in [2.75, 3.05) is 11.9 Å². The molecule has 3 aromatic carbocycles. The molecule has 3 aromatic rings. The van der Waals surface area contributed by atoms with E-state index in [-0.39, 0.29) is 12.5 Å². The number of rotatable bonds is 6. The number of ether oxygens (including phenoxy) is 2. The third-order valence-corrected chi connectivity index (χ3v) is 4.82. The van der Waals surface area contributed by atoms with Crippen molar-refractivity contribution in [1.82, 2.24) is 0 Å².